The summed E-state index contributed by atoms with van der Waals surface area (Å²) in [5.74, 6) is 1.43. The minimum absolute atomic E-state index is 0.123. The number of pyridine rings is 1. The van der Waals surface area contributed by atoms with Gasteiger partial charge in [-0.25, -0.2) is 0 Å². The quantitative estimate of drug-likeness (QED) is 0.549. The molecule has 0 N–H and O–H groups in total. The van der Waals surface area contributed by atoms with E-state index in [0.717, 1.165) is 57.1 Å². The van der Waals surface area contributed by atoms with Crippen LogP contribution in [0.15, 0.2) is 48.8 Å². The first kappa shape index (κ1) is 23.2. The van der Waals surface area contributed by atoms with E-state index in [1.165, 1.54) is 5.56 Å². The Hall–Kier alpha value is -2.44. The maximum atomic E-state index is 13.0. The fourth-order valence-corrected chi connectivity index (χ4v) is 3.67. The zero-order valence-electron chi connectivity index (χ0n) is 18.8. The summed E-state index contributed by atoms with van der Waals surface area (Å²) in [5, 5.41) is 0. The number of hydrogen-bond acceptors (Lipinski definition) is 5. The molecule has 31 heavy (non-hydrogen) atoms. The average molecular weight is 426 g/mol. The van der Waals surface area contributed by atoms with E-state index in [4.69, 9.17) is 9.47 Å². The van der Waals surface area contributed by atoms with Crippen LogP contribution < -0.4 is 4.74 Å². The maximum absolute atomic E-state index is 13.0. The van der Waals surface area contributed by atoms with Gasteiger partial charge in [-0.2, -0.15) is 0 Å². The molecule has 1 aromatic carbocycles. The van der Waals surface area contributed by atoms with E-state index in [0.29, 0.717) is 25.5 Å². The van der Waals surface area contributed by atoms with Gasteiger partial charge in [-0.05, 0) is 47.7 Å². The van der Waals surface area contributed by atoms with Crippen LogP contribution in [0.25, 0.3) is 0 Å². The Kier molecular flexibility index (Phi) is 9.31. The molecule has 6 heteroatoms. The number of nitrogens with zero attached hydrogens (tertiary/aromatic N) is 3. The average Bonchev–Trinajstić information content (AvgIpc) is 2.80. The lowest BCUT2D eigenvalue weighted by Gasteiger charge is -2.28. The van der Waals surface area contributed by atoms with Gasteiger partial charge in [0.1, 0.15) is 5.75 Å². The van der Waals surface area contributed by atoms with Crippen molar-refractivity contribution in [1.29, 1.82) is 0 Å². The molecule has 1 aromatic heterocycles. The van der Waals surface area contributed by atoms with E-state index in [9.17, 15) is 4.79 Å². The fourth-order valence-electron chi connectivity index (χ4n) is 3.67. The maximum Gasteiger partial charge on any atom is 0.226 e. The summed E-state index contributed by atoms with van der Waals surface area (Å²) in [7, 11) is 0. The lowest BCUT2D eigenvalue weighted by Crippen LogP contribution is -2.39. The molecule has 2 heterocycles. The van der Waals surface area contributed by atoms with E-state index in [1.54, 1.807) is 12.4 Å². The van der Waals surface area contributed by atoms with Crippen molar-refractivity contribution in [3.8, 4) is 5.75 Å². The van der Waals surface area contributed by atoms with E-state index in [-0.39, 0.29) is 5.91 Å². The number of amides is 1. The lowest BCUT2D eigenvalue weighted by molar-refractivity contribution is -0.132. The van der Waals surface area contributed by atoms with Crippen molar-refractivity contribution in [3.05, 3.63) is 59.9 Å². The molecule has 1 amide bonds. The normalized spacial score (nSPS) is 14.5. The van der Waals surface area contributed by atoms with Gasteiger partial charge in [-0.1, -0.05) is 26.0 Å². The van der Waals surface area contributed by atoms with Crippen molar-refractivity contribution in [2.75, 3.05) is 46.0 Å². The number of hydrogen-bond donors (Lipinski definition) is 0. The molecule has 168 valence electrons. The molecule has 0 saturated carbocycles. The molecule has 0 radical (unpaired) electrons. The first-order valence-electron chi connectivity index (χ1n) is 11.3. The number of aromatic nitrogens is 1. The summed E-state index contributed by atoms with van der Waals surface area (Å²) in [5.41, 5.74) is 2.38. The minimum Gasteiger partial charge on any atom is -0.493 e. The van der Waals surface area contributed by atoms with Crippen LogP contribution in [-0.2, 0) is 16.1 Å². The van der Waals surface area contributed by atoms with Gasteiger partial charge >= 0.3 is 0 Å². The van der Waals surface area contributed by atoms with Crippen molar-refractivity contribution >= 4 is 5.91 Å². The van der Waals surface area contributed by atoms with Crippen LogP contribution in [0.3, 0.4) is 0 Å². The van der Waals surface area contributed by atoms with Crippen molar-refractivity contribution < 1.29 is 14.3 Å². The van der Waals surface area contributed by atoms with Gasteiger partial charge in [-0.3, -0.25) is 14.7 Å². The van der Waals surface area contributed by atoms with Crippen molar-refractivity contribution in [2.24, 2.45) is 0 Å². The van der Waals surface area contributed by atoms with Gasteiger partial charge in [0.15, 0.2) is 0 Å². The molecule has 3 rings (SSSR count). The van der Waals surface area contributed by atoms with Crippen molar-refractivity contribution in [2.45, 2.75) is 39.2 Å². The molecular formula is C25H35N3O3. The van der Waals surface area contributed by atoms with Crippen LogP contribution in [-0.4, -0.2) is 66.7 Å². The summed E-state index contributed by atoms with van der Waals surface area (Å²) in [6.07, 6.45) is 4.87. The Labute approximate surface area is 186 Å². The van der Waals surface area contributed by atoms with E-state index >= 15 is 0 Å². The highest BCUT2D eigenvalue weighted by molar-refractivity contribution is 5.76. The second-order valence-electron chi connectivity index (χ2n) is 8.30. The third-order valence-corrected chi connectivity index (χ3v) is 5.61. The van der Waals surface area contributed by atoms with Gasteiger partial charge in [0.25, 0.3) is 0 Å². The van der Waals surface area contributed by atoms with E-state index < -0.39 is 0 Å². The third-order valence-electron chi connectivity index (χ3n) is 5.61. The SMILES string of the molecule is CC(C)c1ccc(OCCC(=O)N(CCCN2CCOCC2)Cc2ccncc2)cc1. The number of morpholine rings is 1. The second kappa shape index (κ2) is 12.4. The third kappa shape index (κ3) is 7.96. The van der Waals surface area contributed by atoms with Crippen LogP contribution >= 0.6 is 0 Å². The van der Waals surface area contributed by atoms with Crippen LogP contribution in [0.4, 0.5) is 0 Å². The monoisotopic (exact) mass is 425 g/mol. The van der Waals surface area contributed by atoms with E-state index in [2.05, 4.69) is 35.9 Å². The highest BCUT2D eigenvalue weighted by Gasteiger charge is 2.16. The number of carbonyl (C=O) groups is 1. The molecule has 0 atom stereocenters. The zero-order chi connectivity index (χ0) is 21.9. The number of ether oxygens (including phenoxy) is 2. The summed E-state index contributed by atoms with van der Waals surface area (Å²) < 4.78 is 11.2. The first-order valence-corrected chi connectivity index (χ1v) is 11.3. The Morgan fingerprint density at radius 3 is 2.52 bits per heavy atom. The van der Waals surface area contributed by atoms with Gasteiger partial charge in [-0.15, -0.1) is 0 Å². The summed E-state index contributed by atoms with van der Waals surface area (Å²) in [4.78, 5) is 21.4. The van der Waals surface area contributed by atoms with Gasteiger partial charge < -0.3 is 14.4 Å². The van der Waals surface area contributed by atoms with Crippen LogP contribution in [0, 0.1) is 0 Å². The molecule has 1 fully saturated rings. The number of benzene rings is 1. The molecule has 1 aliphatic rings. The molecule has 6 nitrogen and oxygen atoms in total. The second-order valence-corrected chi connectivity index (χ2v) is 8.30. The van der Waals surface area contributed by atoms with E-state index in [1.807, 2.05) is 29.2 Å². The zero-order valence-corrected chi connectivity index (χ0v) is 18.8. The Morgan fingerprint density at radius 2 is 1.84 bits per heavy atom. The topological polar surface area (TPSA) is 54.9 Å². The Balaban J connectivity index is 1.49. The van der Waals surface area contributed by atoms with Crippen LogP contribution in [0.2, 0.25) is 0 Å². The lowest BCUT2D eigenvalue weighted by atomic mass is 10.0. The summed E-state index contributed by atoms with van der Waals surface area (Å²) in [6, 6.07) is 12.1. The molecule has 1 saturated heterocycles. The Morgan fingerprint density at radius 1 is 1.13 bits per heavy atom. The minimum atomic E-state index is 0.123. The van der Waals surface area contributed by atoms with Gasteiger partial charge in [0, 0.05) is 45.1 Å². The van der Waals surface area contributed by atoms with Crippen LogP contribution in [0.5, 0.6) is 5.75 Å². The summed E-state index contributed by atoms with van der Waals surface area (Å²) >= 11 is 0. The van der Waals surface area contributed by atoms with Gasteiger partial charge in [0.2, 0.25) is 5.91 Å². The fraction of sp³-hybridized carbons (Fsp3) is 0.520. The number of carbonyl (C=O) groups excluding carboxylic acids is 1. The molecule has 0 unspecified atom stereocenters. The molecule has 2 aromatic rings. The summed E-state index contributed by atoms with van der Waals surface area (Å²) in [6.45, 7) is 10.6. The predicted octanol–water partition coefficient (Wildman–Crippen LogP) is 3.73. The van der Waals surface area contributed by atoms with Crippen molar-refractivity contribution in [1.82, 2.24) is 14.8 Å². The van der Waals surface area contributed by atoms with Crippen molar-refractivity contribution in [3.63, 3.8) is 0 Å². The van der Waals surface area contributed by atoms with Gasteiger partial charge in [0.05, 0.1) is 26.2 Å². The molecule has 0 spiro atoms. The Bertz CT molecular complexity index is 774. The largest absolute Gasteiger partial charge is 0.493 e. The highest BCUT2D eigenvalue weighted by Crippen LogP contribution is 2.19. The standard InChI is InChI=1S/C25H35N3O3/c1-21(2)23-4-6-24(7-5-23)31-17-10-25(29)28(20-22-8-11-26-12-9-22)14-3-13-27-15-18-30-19-16-27/h4-9,11-12,21H,3,10,13-20H2,1-2H3. The first-order chi connectivity index (χ1) is 15.1. The smallest absolute Gasteiger partial charge is 0.226 e. The molecule has 0 aliphatic carbocycles. The molecule has 0 bridgehead atoms. The highest BCUT2D eigenvalue weighted by atomic mass is 16.5. The van der Waals surface area contributed by atoms with Crippen LogP contribution in [0.1, 0.15) is 43.7 Å². The molecule has 1 aliphatic heterocycles. The number of rotatable bonds is 11. The molecular weight excluding hydrogens is 390 g/mol. The predicted molar refractivity (Wildman–Crippen MR) is 122 cm³/mol.